The van der Waals surface area contributed by atoms with E-state index in [0.29, 0.717) is 24.1 Å². The molecule has 4 nitrogen and oxygen atoms in total. The van der Waals surface area contributed by atoms with E-state index in [4.69, 9.17) is 23.2 Å². The third-order valence-corrected chi connectivity index (χ3v) is 6.14. The number of halogens is 3. The van der Waals surface area contributed by atoms with Gasteiger partial charge in [0.1, 0.15) is 4.90 Å². The van der Waals surface area contributed by atoms with E-state index in [2.05, 4.69) is 21.2 Å². The minimum Gasteiger partial charge on any atom is -0.312 e. The van der Waals surface area contributed by atoms with Gasteiger partial charge in [0.15, 0.2) is 0 Å². The number of piperazine rings is 1. The van der Waals surface area contributed by atoms with Crippen molar-refractivity contribution >= 4 is 49.2 Å². The zero-order valence-corrected chi connectivity index (χ0v) is 14.1. The molecule has 1 fully saturated rings. The normalized spacial score (nSPS) is 21.6. The van der Waals surface area contributed by atoms with Gasteiger partial charge in [-0.2, -0.15) is 4.31 Å². The minimum atomic E-state index is -3.66. The van der Waals surface area contributed by atoms with E-state index in [0.717, 1.165) is 0 Å². The maximum Gasteiger partial charge on any atom is 0.246 e. The number of hydrogen-bond acceptors (Lipinski definition) is 3. The molecule has 2 rings (SSSR count). The lowest BCUT2D eigenvalue weighted by atomic mass is 10.3. The van der Waals surface area contributed by atoms with Crippen LogP contribution in [0.15, 0.2) is 21.5 Å². The van der Waals surface area contributed by atoms with Gasteiger partial charge in [-0.3, -0.25) is 0 Å². The molecule has 1 aromatic rings. The van der Waals surface area contributed by atoms with Crippen LogP contribution in [0.5, 0.6) is 0 Å². The van der Waals surface area contributed by atoms with Gasteiger partial charge in [0.2, 0.25) is 10.0 Å². The Morgan fingerprint density at radius 2 is 1.95 bits per heavy atom. The largest absolute Gasteiger partial charge is 0.312 e. The van der Waals surface area contributed by atoms with Gasteiger partial charge >= 0.3 is 0 Å². The van der Waals surface area contributed by atoms with Crippen LogP contribution in [-0.4, -0.2) is 38.4 Å². The lowest BCUT2D eigenvalue weighted by Crippen LogP contribution is -2.51. The van der Waals surface area contributed by atoms with Crippen molar-refractivity contribution in [2.24, 2.45) is 0 Å². The van der Waals surface area contributed by atoms with Crippen LogP contribution in [0.4, 0.5) is 0 Å². The van der Waals surface area contributed by atoms with Crippen molar-refractivity contribution in [3.8, 4) is 0 Å². The number of hydrogen-bond donors (Lipinski definition) is 1. The predicted molar refractivity (Wildman–Crippen MR) is 80.4 cm³/mol. The summed E-state index contributed by atoms with van der Waals surface area (Å²) in [6, 6.07) is 3.18. The Morgan fingerprint density at radius 3 is 2.47 bits per heavy atom. The highest BCUT2D eigenvalue weighted by atomic mass is 79.9. The molecule has 1 heterocycles. The quantitative estimate of drug-likeness (QED) is 0.848. The van der Waals surface area contributed by atoms with Crippen LogP contribution in [0.3, 0.4) is 0 Å². The smallest absolute Gasteiger partial charge is 0.246 e. The number of rotatable bonds is 2. The number of sulfonamides is 1. The molecule has 1 saturated heterocycles. The molecule has 0 radical (unpaired) electrons. The van der Waals surface area contributed by atoms with Crippen LogP contribution in [0, 0.1) is 0 Å². The summed E-state index contributed by atoms with van der Waals surface area (Å²) in [6.07, 6.45) is 0. The first kappa shape index (κ1) is 15.5. The van der Waals surface area contributed by atoms with Crippen LogP contribution < -0.4 is 5.32 Å². The third-order valence-electron chi connectivity index (χ3n) is 2.89. The van der Waals surface area contributed by atoms with Crippen LogP contribution in [0.1, 0.15) is 6.92 Å². The summed E-state index contributed by atoms with van der Waals surface area (Å²) in [5.41, 5.74) is 0. The number of nitrogens with one attached hydrogen (secondary N) is 1. The Balaban J connectivity index is 2.45. The molecular formula is C11H13BrCl2N2O2S. The summed E-state index contributed by atoms with van der Waals surface area (Å²) in [5.74, 6) is 0. The van der Waals surface area contributed by atoms with Gasteiger partial charge in [-0.25, -0.2) is 8.42 Å². The minimum absolute atomic E-state index is 0.0202. The summed E-state index contributed by atoms with van der Waals surface area (Å²) in [4.78, 5) is -0.0202. The molecule has 0 bridgehead atoms. The van der Waals surface area contributed by atoms with Crippen LogP contribution in [-0.2, 0) is 10.0 Å². The Labute approximate surface area is 131 Å². The Bertz CT molecular complexity index is 571. The molecule has 1 aromatic carbocycles. The van der Waals surface area contributed by atoms with Gasteiger partial charge in [0, 0.05) is 30.1 Å². The monoisotopic (exact) mass is 386 g/mol. The summed E-state index contributed by atoms with van der Waals surface area (Å²) < 4.78 is 27.3. The average Bonchev–Trinajstić information content (AvgIpc) is 2.26. The molecule has 8 heteroatoms. The standard InChI is InChI=1S/C11H13BrCl2N2O2S/c1-7-6-16(3-2-15-7)19(17,18)11-9(13)4-8(12)5-10(11)14/h4-5,7,15H,2-3,6H2,1H3. The molecule has 0 aromatic heterocycles. The van der Waals surface area contributed by atoms with Gasteiger partial charge in [-0.05, 0) is 19.1 Å². The molecule has 0 saturated carbocycles. The molecular weight excluding hydrogens is 375 g/mol. The third kappa shape index (κ3) is 3.25. The van der Waals surface area contributed by atoms with Crippen LogP contribution in [0.2, 0.25) is 10.0 Å². The van der Waals surface area contributed by atoms with E-state index in [1.807, 2.05) is 6.92 Å². The van der Waals surface area contributed by atoms with Gasteiger partial charge in [-0.15, -0.1) is 0 Å². The first-order valence-electron chi connectivity index (χ1n) is 5.70. The first-order valence-corrected chi connectivity index (χ1v) is 8.69. The molecule has 1 aliphatic rings. The van der Waals surface area contributed by atoms with Crippen molar-refractivity contribution < 1.29 is 8.42 Å². The van der Waals surface area contributed by atoms with Crippen LogP contribution >= 0.6 is 39.1 Å². The van der Waals surface area contributed by atoms with E-state index in [-0.39, 0.29) is 21.0 Å². The number of benzene rings is 1. The highest BCUT2D eigenvalue weighted by Gasteiger charge is 2.32. The fourth-order valence-corrected chi connectivity index (χ4v) is 5.43. The van der Waals surface area contributed by atoms with Gasteiger partial charge < -0.3 is 5.32 Å². The number of nitrogens with zero attached hydrogens (tertiary/aromatic N) is 1. The molecule has 0 amide bonds. The van der Waals surface area contributed by atoms with Crippen molar-refractivity contribution in [2.75, 3.05) is 19.6 Å². The maximum atomic E-state index is 12.6. The van der Waals surface area contributed by atoms with Crippen molar-refractivity contribution in [1.29, 1.82) is 0 Å². The Kier molecular flexibility index (Phi) is 4.80. The topological polar surface area (TPSA) is 49.4 Å². The zero-order valence-electron chi connectivity index (χ0n) is 10.2. The maximum absolute atomic E-state index is 12.6. The molecule has 1 atom stereocenters. The second-order valence-corrected chi connectivity index (χ2v) is 8.02. The molecule has 19 heavy (non-hydrogen) atoms. The van der Waals surface area contributed by atoms with E-state index < -0.39 is 10.0 Å². The van der Waals surface area contributed by atoms with Gasteiger partial charge in [0.25, 0.3) is 0 Å². The van der Waals surface area contributed by atoms with Gasteiger partial charge in [0.05, 0.1) is 10.0 Å². The van der Waals surface area contributed by atoms with Crippen LogP contribution in [0.25, 0.3) is 0 Å². The van der Waals surface area contributed by atoms with E-state index >= 15 is 0 Å². The fraction of sp³-hybridized carbons (Fsp3) is 0.455. The van der Waals surface area contributed by atoms with Crippen molar-refractivity contribution in [2.45, 2.75) is 17.9 Å². The second kappa shape index (κ2) is 5.87. The summed E-state index contributed by atoms with van der Waals surface area (Å²) in [6.45, 7) is 3.37. The molecule has 1 unspecified atom stereocenters. The Hall–Kier alpha value is 0.150. The van der Waals surface area contributed by atoms with E-state index in [9.17, 15) is 8.42 Å². The summed E-state index contributed by atoms with van der Waals surface area (Å²) in [7, 11) is -3.66. The average molecular weight is 388 g/mol. The lowest BCUT2D eigenvalue weighted by Gasteiger charge is -2.31. The van der Waals surface area contributed by atoms with E-state index in [1.165, 1.54) is 16.4 Å². The molecule has 1 aliphatic heterocycles. The summed E-state index contributed by atoms with van der Waals surface area (Å²) in [5, 5.41) is 3.45. The highest BCUT2D eigenvalue weighted by Crippen LogP contribution is 2.34. The molecule has 0 spiro atoms. The molecule has 106 valence electrons. The SMILES string of the molecule is CC1CN(S(=O)(=O)c2c(Cl)cc(Br)cc2Cl)CCN1. The zero-order chi connectivity index (χ0) is 14.2. The van der Waals surface area contributed by atoms with Gasteiger partial charge in [-0.1, -0.05) is 39.1 Å². The second-order valence-electron chi connectivity index (χ2n) is 4.42. The fourth-order valence-electron chi connectivity index (χ4n) is 2.02. The van der Waals surface area contributed by atoms with Crippen molar-refractivity contribution in [3.63, 3.8) is 0 Å². The highest BCUT2D eigenvalue weighted by molar-refractivity contribution is 9.10. The van der Waals surface area contributed by atoms with Crippen molar-refractivity contribution in [3.05, 3.63) is 26.7 Å². The van der Waals surface area contributed by atoms with E-state index in [1.54, 1.807) is 0 Å². The summed E-state index contributed by atoms with van der Waals surface area (Å²) >= 11 is 15.3. The first-order chi connectivity index (χ1) is 8.82. The lowest BCUT2D eigenvalue weighted by molar-refractivity contribution is 0.310. The van der Waals surface area contributed by atoms with Crippen molar-refractivity contribution in [1.82, 2.24) is 9.62 Å². The molecule has 0 aliphatic carbocycles. The predicted octanol–water partition coefficient (Wildman–Crippen LogP) is 2.74. The Morgan fingerprint density at radius 1 is 1.37 bits per heavy atom. The molecule has 1 N–H and O–H groups in total.